The monoisotopic (exact) mass is 221 g/mol. The Kier molecular flexibility index (Phi) is 13.5. The zero-order valence-electron chi connectivity index (χ0n) is 10.4. The summed E-state index contributed by atoms with van der Waals surface area (Å²) < 4.78 is 9.95. The van der Waals surface area contributed by atoms with Crippen molar-refractivity contribution in [1.29, 1.82) is 0 Å². The minimum atomic E-state index is 0.614. The first kappa shape index (κ1) is 15.2. The summed E-state index contributed by atoms with van der Waals surface area (Å²) in [5, 5.41) is 0. The first-order valence-corrected chi connectivity index (χ1v) is 6.52. The van der Waals surface area contributed by atoms with Crippen molar-refractivity contribution in [3.63, 3.8) is 0 Å². The molecule has 90 valence electrons. The number of rotatable bonds is 11. The Bertz CT molecular complexity index is 210. The Labute approximate surface area is 100 Å². The molecule has 0 aliphatic rings. The van der Waals surface area contributed by atoms with Crippen molar-refractivity contribution in [2.24, 2.45) is 0 Å². The molecule has 0 atom stereocenters. The second kappa shape index (κ2) is 14.2. The fraction of sp³-hybridized carbons (Fsp3) is 0.667. The molecular weight excluding hydrogens is 196 g/mol. The van der Waals surface area contributed by atoms with Crippen molar-refractivity contribution in [2.45, 2.75) is 64.2 Å². The van der Waals surface area contributed by atoms with E-state index in [2.05, 4.69) is 18.7 Å². The third kappa shape index (κ3) is 13.2. The Morgan fingerprint density at radius 2 is 1.44 bits per heavy atom. The molecule has 1 heteroatoms. The topological polar surface area (TPSA) is 19.9 Å². The molecule has 0 aliphatic carbocycles. The summed E-state index contributed by atoms with van der Waals surface area (Å²) in [5.41, 5.74) is 0. The Hall–Kier alpha value is -0.780. The molecule has 0 heterocycles. The molecule has 0 spiro atoms. The van der Waals surface area contributed by atoms with Crippen molar-refractivity contribution in [3.05, 3.63) is 24.8 Å². The second-order valence-corrected chi connectivity index (χ2v) is 4.14. The Balaban J connectivity index is 3.03. The molecule has 16 heavy (non-hydrogen) atoms. The van der Waals surface area contributed by atoms with E-state index in [1.165, 1.54) is 44.9 Å². The van der Waals surface area contributed by atoms with E-state index in [0.717, 1.165) is 12.8 Å². The number of hydrogen-bond acceptors (Lipinski definition) is 0. The first-order valence-electron chi connectivity index (χ1n) is 6.52. The number of unbranched alkanes of at least 4 members (excludes halogenated alkanes) is 8. The molecule has 0 bridgehead atoms. The van der Waals surface area contributed by atoms with Crippen LogP contribution in [0.25, 0.3) is 0 Å². The number of allylic oxidation sites excluding steroid dienone is 3. The molecule has 0 aromatic rings. The van der Waals surface area contributed by atoms with Crippen molar-refractivity contribution >= 4 is 0 Å². The molecule has 0 saturated heterocycles. The van der Waals surface area contributed by atoms with Crippen molar-refractivity contribution < 1.29 is 4.65 Å². The fourth-order valence-electron chi connectivity index (χ4n) is 1.61. The van der Waals surface area contributed by atoms with Gasteiger partial charge in [-0.2, -0.15) is 0 Å². The van der Waals surface area contributed by atoms with E-state index in [0.29, 0.717) is 6.42 Å². The van der Waals surface area contributed by atoms with E-state index in [4.69, 9.17) is 0 Å². The second-order valence-electron chi connectivity index (χ2n) is 4.14. The van der Waals surface area contributed by atoms with Crippen LogP contribution in [0.2, 0.25) is 0 Å². The van der Waals surface area contributed by atoms with Gasteiger partial charge in [-0.1, -0.05) is 6.08 Å². The quantitative estimate of drug-likeness (QED) is 0.265. The van der Waals surface area contributed by atoms with Crippen molar-refractivity contribution in [2.75, 3.05) is 0 Å². The van der Waals surface area contributed by atoms with Crippen LogP contribution in [-0.2, 0) is 4.65 Å². The van der Waals surface area contributed by atoms with Crippen LogP contribution >= 0.6 is 0 Å². The van der Waals surface area contributed by atoms with E-state index in [9.17, 15) is 4.65 Å². The predicted octanol–water partition coefficient (Wildman–Crippen LogP) is 5.02. The molecule has 0 rings (SSSR count). The third-order valence-electron chi connectivity index (χ3n) is 2.60. The van der Waals surface area contributed by atoms with Gasteiger partial charge in [0.25, 0.3) is 0 Å². The summed E-state index contributed by atoms with van der Waals surface area (Å²) in [6, 6.07) is 0. The molecule has 0 fully saturated rings. The van der Waals surface area contributed by atoms with Gasteiger partial charge in [0.05, 0.1) is 0 Å². The maximum atomic E-state index is 9.95. The van der Waals surface area contributed by atoms with Gasteiger partial charge in [0.1, 0.15) is 0 Å². The van der Waals surface area contributed by atoms with E-state index in [1.54, 1.807) is 0 Å². The van der Waals surface area contributed by atoms with E-state index in [1.807, 2.05) is 12.2 Å². The molecule has 0 aromatic heterocycles. The molecule has 0 radical (unpaired) electrons. The summed E-state index contributed by atoms with van der Waals surface area (Å²) in [4.78, 5) is 0. The van der Waals surface area contributed by atoms with Crippen LogP contribution in [0.1, 0.15) is 64.2 Å². The summed E-state index contributed by atoms with van der Waals surface area (Å²) in [6.45, 7) is 3.70. The molecule has 0 unspecified atom stereocenters. The summed E-state index contributed by atoms with van der Waals surface area (Å²) in [6.07, 6.45) is 19.9. The van der Waals surface area contributed by atoms with Crippen LogP contribution in [0, 0.1) is 6.15 Å². The summed E-state index contributed by atoms with van der Waals surface area (Å²) in [7, 11) is 0. The molecule has 0 N–H and O–H groups in total. The van der Waals surface area contributed by atoms with Gasteiger partial charge in [-0.05, 0) is 6.42 Å². The predicted molar refractivity (Wildman–Crippen MR) is 70.1 cm³/mol. The van der Waals surface area contributed by atoms with Crippen LogP contribution in [0.3, 0.4) is 0 Å². The Morgan fingerprint density at radius 1 is 0.812 bits per heavy atom. The average molecular weight is 221 g/mol. The van der Waals surface area contributed by atoms with E-state index in [-0.39, 0.29) is 0 Å². The van der Waals surface area contributed by atoms with Gasteiger partial charge in [0, 0.05) is 0 Å². The van der Waals surface area contributed by atoms with Gasteiger partial charge in [-0.3, -0.25) is 0 Å². The van der Waals surface area contributed by atoms with Gasteiger partial charge >= 0.3 is 80.7 Å². The average Bonchev–Trinajstić information content (AvgIpc) is 2.31. The summed E-state index contributed by atoms with van der Waals surface area (Å²) in [5.74, 6) is 0. The van der Waals surface area contributed by atoms with Gasteiger partial charge in [-0.15, -0.1) is 6.58 Å². The summed E-state index contributed by atoms with van der Waals surface area (Å²) >= 11 is 0. The molecule has 0 aromatic carbocycles. The molecule has 1 nitrogen and oxygen atoms in total. The SMILES string of the molecule is C=CCCCC=CCCCCCCCC#[O+]. The molecular formula is C15H25O+. The zero-order valence-corrected chi connectivity index (χ0v) is 10.4. The fourth-order valence-corrected chi connectivity index (χ4v) is 1.61. The maximum absolute atomic E-state index is 9.95. The molecule has 0 amide bonds. The van der Waals surface area contributed by atoms with Crippen LogP contribution < -0.4 is 0 Å². The Morgan fingerprint density at radius 3 is 2.12 bits per heavy atom. The van der Waals surface area contributed by atoms with Crippen LogP contribution in [0.15, 0.2) is 24.8 Å². The molecule has 0 saturated carbocycles. The van der Waals surface area contributed by atoms with Crippen LogP contribution in [0.4, 0.5) is 0 Å². The first-order chi connectivity index (χ1) is 7.91. The van der Waals surface area contributed by atoms with E-state index < -0.39 is 0 Å². The van der Waals surface area contributed by atoms with Gasteiger partial charge in [0.15, 0.2) is 0 Å². The van der Waals surface area contributed by atoms with Gasteiger partial charge in [-0.25, -0.2) is 0 Å². The number of hydrogen-bond donors (Lipinski definition) is 0. The third-order valence-corrected chi connectivity index (χ3v) is 2.60. The zero-order chi connectivity index (χ0) is 11.9. The normalized spacial score (nSPS) is 10.4. The minimum absolute atomic E-state index is 0.614. The van der Waals surface area contributed by atoms with Gasteiger partial charge in [0.2, 0.25) is 0 Å². The van der Waals surface area contributed by atoms with Gasteiger partial charge < -0.3 is 0 Å². The van der Waals surface area contributed by atoms with Crippen LogP contribution in [-0.4, -0.2) is 0 Å². The molecule has 0 aliphatic heterocycles. The standard InChI is InChI=1S/C15H25O/c1-2-3-4-5-6-7-8-9-10-11-12-13-14-15-16/h2,6-7H,1,3-5,8-14H2/q+1. The van der Waals surface area contributed by atoms with Crippen molar-refractivity contribution in [3.8, 4) is 6.15 Å². The van der Waals surface area contributed by atoms with Crippen LogP contribution in [0.5, 0.6) is 0 Å². The van der Waals surface area contributed by atoms with Crippen molar-refractivity contribution in [1.82, 2.24) is 0 Å². The van der Waals surface area contributed by atoms with E-state index >= 15 is 0 Å².